The molecule has 4 rings (SSSR count). The van der Waals surface area contributed by atoms with Crippen molar-refractivity contribution in [2.45, 2.75) is 24.6 Å². The molecule has 1 aliphatic heterocycles. The van der Waals surface area contributed by atoms with Gasteiger partial charge in [-0.05, 0) is 47.7 Å². The molecule has 0 unspecified atom stereocenters. The van der Waals surface area contributed by atoms with Gasteiger partial charge in [0.25, 0.3) is 0 Å². The summed E-state index contributed by atoms with van der Waals surface area (Å²) < 4.78 is 40.4. The number of carbonyl (C=O) groups is 1. The van der Waals surface area contributed by atoms with Crippen molar-refractivity contribution in [1.29, 1.82) is 0 Å². The molecule has 0 fully saturated rings. The summed E-state index contributed by atoms with van der Waals surface area (Å²) in [5.74, 6) is -1.21. The van der Waals surface area contributed by atoms with Crippen molar-refractivity contribution < 1.29 is 23.1 Å². The summed E-state index contributed by atoms with van der Waals surface area (Å²) in [6.45, 7) is 0. The van der Waals surface area contributed by atoms with Gasteiger partial charge in [0.2, 0.25) is 0 Å². The number of fused-ring (bicyclic) bond motifs is 3. The third kappa shape index (κ3) is 2.66. The van der Waals surface area contributed by atoms with Crippen LogP contribution in [0.3, 0.4) is 0 Å². The maximum absolute atomic E-state index is 13.5. The Morgan fingerprint density at radius 1 is 1.12 bits per heavy atom. The number of hydrogen-bond donors (Lipinski definition) is 2. The Hall–Kier alpha value is -2.76. The highest BCUT2D eigenvalue weighted by Crippen LogP contribution is 2.51. The van der Waals surface area contributed by atoms with E-state index in [0.717, 1.165) is 11.6 Å². The molecular formula is C20H16F3NO2. The van der Waals surface area contributed by atoms with Gasteiger partial charge in [0.05, 0.1) is 17.2 Å². The SMILES string of the molecule is O=C(O)c1ccc2c(c1)[C@@H]1C=CC[C@H]1[C@H](c1ccccc1C(F)(F)F)N2. The highest BCUT2D eigenvalue weighted by molar-refractivity contribution is 5.89. The van der Waals surface area contributed by atoms with E-state index in [-0.39, 0.29) is 23.0 Å². The number of anilines is 1. The number of aromatic carboxylic acids is 1. The van der Waals surface area contributed by atoms with Gasteiger partial charge in [0.15, 0.2) is 0 Å². The minimum atomic E-state index is -4.42. The van der Waals surface area contributed by atoms with Crippen LogP contribution in [0, 0.1) is 5.92 Å². The fourth-order valence-corrected chi connectivity index (χ4v) is 4.06. The minimum Gasteiger partial charge on any atom is -0.478 e. The molecule has 0 bridgehead atoms. The zero-order chi connectivity index (χ0) is 18.5. The van der Waals surface area contributed by atoms with Gasteiger partial charge in [-0.25, -0.2) is 4.79 Å². The predicted molar refractivity (Wildman–Crippen MR) is 91.2 cm³/mol. The summed E-state index contributed by atoms with van der Waals surface area (Å²) in [6, 6.07) is 9.88. The first-order chi connectivity index (χ1) is 12.4. The first kappa shape index (κ1) is 16.7. The Bertz CT molecular complexity index is 904. The second-order valence-corrected chi connectivity index (χ2v) is 6.67. The van der Waals surface area contributed by atoms with Crippen molar-refractivity contribution in [2.24, 2.45) is 5.92 Å². The Morgan fingerprint density at radius 2 is 1.88 bits per heavy atom. The monoisotopic (exact) mass is 359 g/mol. The van der Waals surface area contributed by atoms with Crippen LogP contribution in [0.1, 0.15) is 45.4 Å². The first-order valence-corrected chi connectivity index (χ1v) is 8.33. The van der Waals surface area contributed by atoms with E-state index in [4.69, 9.17) is 0 Å². The predicted octanol–water partition coefficient (Wildman–Crippen LogP) is 5.23. The van der Waals surface area contributed by atoms with Crippen LogP contribution in [-0.4, -0.2) is 11.1 Å². The summed E-state index contributed by atoms with van der Waals surface area (Å²) in [7, 11) is 0. The van der Waals surface area contributed by atoms with E-state index in [1.165, 1.54) is 18.2 Å². The van der Waals surface area contributed by atoms with Crippen molar-refractivity contribution in [3.8, 4) is 0 Å². The summed E-state index contributed by atoms with van der Waals surface area (Å²) >= 11 is 0. The number of hydrogen-bond acceptors (Lipinski definition) is 2. The maximum Gasteiger partial charge on any atom is 0.416 e. The zero-order valence-corrected chi connectivity index (χ0v) is 13.6. The molecular weight excluding hydrogens is 343 g/mol. The van der Waals surface area contributed by atoms with Gasteiger partial charge in [-0.1, -0.05) is 30.4 Å². The van der Waals surface area contributed by atoms with Crippen LogP contribution in [-0.2, 0) is 6.18 Å². The lowest BCUT2D eigenvalue weighted by Gasteiger charge is -2.38. The highest BCUT2D eigenvalue weighted by Gasteiger charge is 2.42. The Morgan fingerprint density at radius 3 is 2.62 bits per heavy atom. The molecule has 3 nitrogen and oxygen atoms in total. The number of halogens is 3. The standard InChI is InChI=1S/C20H16F3NO2/c21-20(22,23)16-7-2-1-4-14(16)18-13-6-3-5-12(13)15-10-11(19(25)26)8-9-17(15)24-18/h1-5,7-10,12-13,18,24H,6H2,(H,25,26)/t12-,13-,18-/m1/s1. The lowest BCUT2D eigenvalue weighted by Crippen LogP contribution is -2.31. The molecule has 6 heteroatoms. The van der Waals surface area contributed by atoms with Gasteiger partial charge in [0, 0.05) is 11.6 Å². The van der Waals surface area contributed by atoms with Crippen LogP contribution in [0.25, 0.3) is 0 Å². The van der Waals surface area contributed by atoms with E-state index >= 15 is 0 Å². The molecule has 2 aliphatic rings. The molecule has 0 spiro atoms. The number of alkyl halides is 3. The van der Waals surface area contributed by atoms with E-state index in [9.17, 15) is 23.1 Å². The number of nitrogens with one attached hydrogen (secondary N) is 1. The van der Waals surface area contributed by atoms with Crippen molar-refractivity contribution in [2.75, 3.05) is 5.32 Å². The molecule has 1 aliphatic carbocycles. The molecule has 1 heterocycles. The van der Waals surface area contributed by atoms with Crippen LogP contribution in [0.4, 0.5) is 18.9 Å². The number of carboxylic acid groups (broad SMARTS) is 1. The number of benzene rings is 2. The average molecular weight is 359 g/mol. The van der Waals surface area contributed by atoms with E-state index < -0.39 is 23.8 Å². The summed E-state index contributed by atoms with van der Waals surface area (Å²) in [6.07, 6.45) is 0.153. The topological polar surface area (TPSA) is 49.3 Å². The second kappa shape index (κ2) is 5.90. The quantitative estimate of drug-likeness (QED) is 0.722. The van der Waals surface area contributed by atoms with Gasteiger partial charge in [-0.3, -0.25) is 0 Å². The molecule has 0 saturated carbocycles. The molecule has 0 radical (unpaired) electrons. The van der Waals surface area contributed by atoms with Crippen molar-refractivity contribution >= 4 is 11.7 Å². The molecule has 0 aromatic heterocycles. The smallest absolute Gasteiger partial charge is 0.416 e. The normalized spacial score (nSPS) is 23.9. The Balaban J connectivity index is 1.81. The largest absolute Gasteiger partial charge is 0.478 e. The third-order valence-corrected chi connectivity index (χ3v) is 5.21. The van der Waals surface area contributed by atoms with Gasteiger partial charge < -0.3 is 10.4 Å². The Labute approximate surface area is 148 Å². The van der Waals surface area contributed by atoms with Crippen molar-refractivity contribution in [3.63, 3.8) is 0 Å². The van der Waals surface area contributed by atoms with Crippen LogP contribution in [0.5, 0.6) is 0 Å². The van der Waals surface area contributed by atoms with Gasteiger partial charge in [0.1, 0.15) is 0 Å². The highest BCUT2D eigenvalue weighted by atomic mass is 19.4. The van der Waals surface area contributed by atoms with E-state index in [1.54, 1.807) is 18.2 Å². The van der Waals surface area contributed by atoms with Crippen LogP contribution in [0.2, 0.25) is 0 Å². The molecule has 0 saturated heterocycles. The summed E-state index contributed by atoms with van der Waals surface area (Å²) in [5, 5.41) is 12.4. The second-order valence-electron chi connectivity index (χ2n) is 6.67. The molecule has 2 aromatic carbocycles. The first-order valence-electron chi connectivity index (χ1n) is 8.33. The summed E-state index contributed by atoms with van der Waals surface area (Å²) in [4.78, 5) is 11.3. The lowest BCUT2D eigenvalue weighted by atomic mass is 9.75. The van der Waals surface area contributed by atoms with Crippen LogP contribution < -0.4 is 5.32 Å². The third-order valence-electron chi connectivity index (χ3n) is 5.21. The number of carboxylic acids is 1. The maximum atomic E-state index is 13.5. The number of rotatable bonds is 2. The lowest BCUT2D eigenvalue weighted by molar-refractivity contribution is -0.138. The molecule has 2 aromatic rings. The Kier molecular flexibility index (Phi) is 3.79. The summed E-state index contributed by atoms with van der Waals surface area (Å²) in [5.41, 5.74) is 1.29. The fourth-order valence-electron chi connectivity index (χ4n) is 4.06. The molecule has 0 amide bonds. The zero-order valence-electron chi connectivity index (χ0n) is 13.6. The molecule has 3 atom stereocenters. The average Bonchev–Trinajstić information content (AvgIpc) is 3.10. The molecule has 134 valence electrons. The minimum absolute atomic E-state index is 0.0879. The van der Waals surface area contributed by atoms with Crippen molar-refractivity contribution in [1.82, 2.24) is 0 Å². The fraction of sp³-hybridized carbons (Fsp3) is 0.250. The van der Waals surface area contributed by atoms with E-state index in [1.807, 2.05) is 12.2 Å². The van der Waals surface area contributed by atoms with Gasteiger partial charge >= 0.3 is 12.1 Å². The van der Waals surface area contributed by atoms with E-state index in [0.29, 0.717) is 12.1 Å². The van der Waals surface area contributed by atoms with E-state index in [2.05, 4.69) is 5.32 Å². The molecule has 2 N–H and O–H groups in total. The van der Waals surface area contributed by atoms with Crippen molar-refractivity contribution in [3.05, 3.63) is 76.9 Å². The molecule has 26 heavy (non-hydrogen) atoms. The number of allylic oxidation sites excluding steroid dienone is 2. The van der Waals surface area contributed by atoms with Gasteiger partial charge in [-0.15, -0.1) is 0 Å². The van der Waals surface area contributed by atoms with Crippen LogP contribution >= 0.6 is 0 Å². The van der Waals surface area contributed by atoms with Gasteiger partial charge in [-0.2, -0.15) is 13.2 Å². The van der Waals surface area contributed by atoms with Crippen LogP contribution in [0.15, 0.2) is 54.6 Å².